The molecule has 0 aliphatic heterocycles. The fraction of sp³-hybridized carbons (Fsp3) is 0.308. The summed E-state index contributed by atoms with van der Waals surface area (Å²) in [6.45, 7) is 4.74. The Hall–Kier alpha value is -2.21. The molecule has 2 rings (SSSR count). The van der Waals surface area contributed by atoms with Crippen molar-refractivity contribution in [3.05, 3.63) is 46.3 Å². The first-order valence-corrected chi connectivity index (χ1v) is 5.99. The number of oxazole rings is 1. The molecule has 0 atom stereocenters. The number of nitro groups is 1. The Morgan fingerprint density at radius 2 is 2.05 bits per heavy atom. The summed E-state index contributed by atoms with van der Waals surface area (Å²) >= 11 is 0. The van der Waals surface area contributed by atoms with Crippen LogP contribution in [0.25, 0.3) is 11.5 Å². The Morgan fingerprint density at radius 1 is 1.37 bits per heavy atom. The molecule has 100 valence electrons. The van der Waals surface area contributed by atoms with Gasteiger partial charge in [0.2, 0.25) is 5.89 Å². The van der Waals surface area contributed by atoms with Gasteiger partial charge in [0, 0.05) is 30.3 Å². The maximum absolute atomic E-state index is 10.6. The number of aromatic nitrogens is 1. The van der Waals surface area contributed by atoms with Gasteiger partial charge in [-0.15, -0.1) is 0 Å². The van der Waals surface area contributed by atoms with Crippen LogP contribution in [0, 0.1) is 10.1 Å². The molecule has 0 aliphatic carbocycles. The molecular formula is C13H15N3O3. The molecule has 0 bridgehead atoms. The zero-order valence-corrected chi connectivity index (χ0v) is 10.8. The minimum Gasteiger partial charge on any atom is -0.444 e. The van der Waals surface area contributed by atoms with E-state index in [-0.39, 0.29) is 5.69 Å². The second kappa shape index (κ2) is 5.62. The number of hydrogen-bond acceptors (Lipinski definition) is 5. The fourth-order valence-electron chi connectivity index (χ4n) is 1.56. The van der Waals surface area contributed by atoms with Gasteiger partial charge in [0.05, 0.1) is 10.6 Å². The lowest BCUT2D eigenvalue weighted by atomic mass is 10.2. The molecule has 2 aromatic rings. The Labute approximate surface area is 110 Å². The molecule has 0 amide bonds. The van der Waals surface area contributed by atoms with Crippen molar-refractivity contribution in [3.8, 4) is 11.5 Å². The van der Waals surface area contributed by atoms with Crippen molar-refractivity contribution in [2.45, 2.75) is 26.4 Å². The van der Waals surface area contributed by atoms with Gasteiger partial charge < -0.3 is 9.73 Å². The lowest BCUT2D eigenvalue weighted by molar-refractivity contribution is -0.384. The van der Waals surface area contributed by atoms with Gasteiger partial charge in [-0.1, -0.05) is 13.8 Å². The van der Waals surface area contributed by atoms with Gasteiger partial charge in [0.15, 0.2) is 0 Å². The minimum absolute atomic E-state index is 0.0528. The number of rotatable bonds is 5. The van der Waals surface area contributed by atoms with Crippen LogP contribution in [-0.4, -0.2) is 15.9 Å². The third-order valence-corrected chi connectivity index (χ3v) is 2.57. The van der Waals surface area contributed by atoms with Crippen molar-refractivity contribution in [3.63, 3.8) is 0 Å². The highest BCUT2D eigenvalue weighted by Crippen LogP contribution is 2.21. The van der Waals surface area contributed by atoms with E-state index in [0.29, 0.717) is 18.5 Å². The van der Waals surface area contributed by atoms with Gasteiger partial charge in [-0.2, -0.15) is 0 Å². The number of non-ortho nitro benzene ring substituents is 1. The molecule has 6 nitrogen and oxygen atoms in total. The summed E-state index contributed by atoms with van der Waals surface area (Å²) in [5.74, 6) is 0.468. The second-order valence-corrected chi connectivity index (χ2v) is 4.48. The van der Waals surface area contributed by atoms with Crippen LogP contribution in [0.2, 0.25) is 0 Å². The number of nitrogens with one attached hydrogen (secondary N) is 1. The van der Waals surface area contributed by atoms with E-state index in [4.69, 9.17) is 4.42 Å². The average Bonchev–Trinajstić information content (AvgIpc) is 2.85. The predicted octanol–water partition coefficient (Wildman–Crippen LogP) is 2.75. The van der Waals surface area contributed by atoms with Gasteiger partial charge in [-0.25, -0.2) is 4.98 Å². The molecule has 0 aliphatic rings. The maximum atomic E-state index is 10.6. The van der Waals surface area contributed by atoms with Gasteiger partial charge in [0.25, 0.3) is 5.69 Å². The van der Waals surface area contributed by atoms with Crippen molar-refractivity contribution in [1.29, 1.82) is 0 Å². The van der Waals surface area contributed by atoms with E-state index in [1.54, 1.807) is 18.4 Å². The maximum Gasteiger partial charge on any atom is 0.269 e. The first-order valence-electron chi connectivity index (χ1n) is 5.99. The fourth-order valence-corrected chi connectivity index (χ4v) is 1.56. The Kier molecular flexibility index (Phi) is 3.91. The molecule has 0 saturated heterocycles. The van der Waals surface area contributed by atoms with Crippen molar-refractivity contribution in [1.82, 2.24) is 10.3 Å². The first kappa shape index (κ1) is 13.2. The van der Waals surface area contributed by atoms with Crippen LogP contribution >= 0.6 is 0 Å². The number of nitrogens with zero attached hydrogens (tertiary/aromatic N) is 2. The first-order chi connectivity index (χ1) is 9.06. The monoisotopic (exact) mass is 261 g/mol. The summed E-state index contributed by atoms with van der Waals surface area (Å²) in [4.78, 5) is 14.5. The second-order valence-electron chi connectivity index (χ2n) is 4.48. The van der Waals surface area contributed by atoms with E-state index in [1.165, 1.54) is 12.1 Å². The lowest BCUT2D eigenvalue weighted by Crippen LogP contribution is -2.21. The molecule has 0 saturated carbocycles. The molecule has 0 unspecified atom stereocenters. The zero-order chi connectivity index (χ0) is 13.8. The van der Waals surface area contributed by atoms with Crippen molar-refractivity contribution in [2.75, 3.05) is 0 Å². The molecule has 19 heavy (non-hydrogen) atoms. The van der Waals surface area contributed by atoms with Gasteiger partial charge >= 0.3 is 0 Å². The Balaban J connectivity index is 2.11. The summed E-state index contributed by atoms with van der Waals surface area (Å²) in [5.41, 5.74) is 1.58. The normalized spacial score (nSPS) is 10.9. The van der Waals surface area contributed by atoms with Crippen LogP contribution in [0.15, 0.2) is 34.9 Å². The van der Waals surface area contributed by atoms with Crippen LogP contribution in [-0.2, 0) is 6.54 Å². The molecule has 1 N–H and O–H groups in total. The van der Waals surface area contributed by atoms with E-state index >= 15 is 0 Å². The van der Waals surface area contributed by atoms with E-state index in [9.17, 15) is 10.1 Å². The highest BCUT2D eigenvalue weighted by molar-refractivity contribution is 5.55. The van der Waals surface area contributed by atoms with Crippen LogP contribution in [0.5, 0.6) is 0 Å². The van der Waals surface area contributed by atoms with Gasteiger partial charge in [-0.05, 0) is 12.1 Å². The standard InChI is InChI=1S/C13H15N3O3/c1-9(2)14-7-11-8-19-13(15-11)10-3-5-12(6-4-10)16(17)18/h3-6,8-9,14H,7H2,1-2H3. The molecule has 0 spiro atoms. The van der Waals surface area contributed by atoms with E-state index in [0.717, 1.165) is 11.3 Å². The molecule has 1 heterocycles. The highest BCUT2D eigenvalue weighted by Gasteiger charge is 2.09. The Morgan fingerprint density at radius 3 is 2.63 bits per heavy atom. The van der Waals surface area contributed by atoms with Crippen molar-refractivity contribution >= 4 is 5.69 Å². The molecule has 0 fully saturated rings. The molecular weight excluding hydrogens is 246 g/mol. The van der Waals surface area contributed by atoms with E-state index < -0.39 is 4.92 Å². The molecule has 0 radical (unpaired) electrons. The van der Waals surface area contributed by atoms with Crippen LogP contribution < -0.4 is 5.32 Å². The lowest BCUT2D eigenvalue weighted by Gasteiger charge is -2.04. The van der Waals surface area contributed by atoms with Crippen LogP contribution in [0.4, 0.5) is 5.69 Å². The smallest absolute Gasteiger partial charge is 0.269 e. The largest absolute Gasteiger partial charge is 0.444 e. The summed E-state index contributed by atoms with van der Waals surface area (Å²) in [5, 5.41) is 13.8. The van der Waals surface area contributed by atoms with Crippen molar-refractivity contribution < 1.29 is 9.34 Å². The predicted molar refractivity (Wildman–Crippen MR) is 70.6 cm³/mol. The summed E-state index contributed by atoms with van der Waals surface area (Å²) in [6, 6.07) is 6.50. The van der Waals surface area contributed by atoms with Crippen LogP contribution in [0.1, 0.15) is 19.5 Å². The van der Waals surface area contributed by atoms with Gasteiger partial charge in [0.1, 0.15) is 6.26 Å². The number of nitro benzene ring substituents is 1. The Bertz CT molecular complexity index is 561. The van der Waals surface area contributed by atoms with Gasteiger partial charge in [-0.3, -0.25) is 10.1 Å². The minimum atomic E-state index is -0.433. The third kappa shape index (κ3) is 3.38. The third-order valence-electron chi connectivity index (χ3n) is 2.57. The highest BCUT2D eigenvalue weighted by atomic mass is 16.6. The molecule has 1 aromatic heterocycles. The molecule has 1 aromatic carbocycles. The summed E-state index contributed by atoms with van der Waals surface area (Å²) in [7, 11) is 0. The van der Waals surface area contributed by atoms with E-state index in [1.807, 2.05) is 0 Å². The molecule has 6 heteroatoms. The summed E-state index contributed by atoms with van der Waals surface area (Å²) < 4.78 is 5.36. The number of benzene rings is 1. The average molecular weight is 261 g/mol. The van der Waals surface area contributed by atoms with Crippen LogP contribution in [0.3, 0.4) is 0 Å². The summed E-state index contributed by atoms with van der Waals surface area (Å²) in [6.07, 6.45) is 1.59. The number of hydrogen-bond donors (Lipinski definition) is 1. The topological polar surface area (TPSA) is 81.2 Å². The quantitative estimate of drug-likeness (QED) is 0.661. The van der Waals surface area contributed by atoms with Crippen molar-refractivity contribution in [2.24, 2.45) is 0 Å². The zero-order valence-electron chi connectivity index (χ0n) is 10.8. The SMILES string of the molecule is CC(C)NCc1coc(-c2ccc([N+](=O)[O-])cc2)n1. The van der Waals surface area contributed by atoms with E-state index in [2.05, 4.69) is 24.1 Å².